The molecule has 7 aromatic carbocycles. The van der Waals surface area contributed by atoms with Gasteiger partial charge in [-0.3, -0.25) is 0 Å². The van der Waals surface area contributed by atoms with Crippen LogP contribution in [0, 0.1) is 0 Å². The van der Waals surface area contributed by atoms with E-state index in [1.54, 1.807) is 11.3 Å². The standard InChI is InChI=1S/C45H27N3OS/c1-3-11-28(12-4-1)29-21-23-31(24-22-29)43-46-44(32-25-26-35-34-15-7-8-20-39(34)49-40(35)27-32)48-45(47-43)38-19-10-18-37-36-17-9-16-33(41(36)50-42(37)38)30-13-5-2-6-14-30/h1-27H. The lowest BCUT2D eigenvalue weighted by Gasteiger charge is -2.10. The van der Waals surface area contributed by atoms with E-state index in [0.29, 0.717) is 17.5 Å². The van der Waals surface area contributed by atoms with Crippen molar-refractivity contribution in [1.29, 1.82) is 0 Å². The predicted octanol–water partition coefficient (Wildman–Crippen LogP) is 12.5. The first-order valence-electron chi connectivity index (χ1n) is 16.6. The topological polar surface area (TPSA) is 51.8 Å². The molecule has 10 rings (SSSR count). The van der Waals surface area contributed by atoms with Crippen molar-refractivity contribution >= 4 is 53.4 Å². The van der Waals surface area contributed by atoms with Gasteiger partial charge < -0.3 is 4.42 Å². The van der Waals surface area contributed by atoms with Crippen molar-refractivity contribution < 1.29 is 4.42 Å². The van der Waals surface area contributed by atoms with Crippen LogP contribution in [0.25, 0.3) is 98.5 Å². The molecule has 5 heteroatoms. The summed E-state index contributed by atoms with van der Waals surface area (Å²) in [6.07, 6.45) is 0. The van der Waals surface area contributed by atoms with E-state index in [-0.39, 0.29) is 0 Å². The fourth-order valence-electron chi connectivity index (χ4n) is 6.90. The molecule has 4 nitrogen and oxygen atoms in total. The fraction of sp³-hybridized carbons (Fsp3) is 0. The Morgan fingerprint density at radius 2 is 0.860 bits per heavy atom. The maximum atomic E-state index is 6.27. The van der Waals surface area contributed by atoms with Crippen molar-refractivity contribution in [3.63, 3.8) is 0 Å². The van der Waals surface area contributed by atoms with Gasteiger partial charge in [-0.1, -0.05) is 140 Å². The minimum Gasteiger partial charge on any atom is -0.456 e. The molecule has 0 spiro atoms. The number of aromatic nitrogens is 3. The highest BCUT2D eigenvalue weighted by Crippen LogP contribution is 2.43. The molecule has 0 N–H and O–H groups in total. The molecule has 0 saturated heterocycles. The number of hydrogen-bond donors (Lipinski definition) is 0. The van der Waals surface area contributed by atoms with Crippen molar-refractivity contribution in [3.8, 4) is 56.4 Å². The zero-order valence-corrected chi connectivity index (χ0v) is 27.6. The summed E-state index contributed by atoms with van der Waals surface area (Å²) in [7, 11) is 0. The molecule has 0 aliphatic heterocycles. The highest BCUT2D eigenvalue weighted by molar-refractivity contribution is 7.26. The SMILES string of the molecule is c1ccc(-c2ccc(-c3nc(-c4ccc5c(c4)oc4ccccc45)nc(-c4cccc5c4sc4c(-c6ccccc6)cccc45)n3)cc2)cc1. The Hall–Kier alpha value is -6.43. The number of benzene rings is 7. The fourth-order valence-corrected chi connectivity index (χ4v) is 8.25. The first kappa shape index (κ1) is 28.6. The van der Waals surface area contributed by atoms with E-state index in [2.05, 4.69) is 133 Å². The van der Waals surface area contributed by atoms with Crippen LogP contribution in [0.15, 0.2) is 168 Å². The van der Waals surface area contributed by atoms with Crippen LogP contribution < -0.4 is 0 Å². The first-order valence-corrected chi connectivity index (χ1v) is 17.4. The average molecular weight is 658 g/mol. The number of fused-ring (bicyclic) bond motifs is 6. The van der Waals surface area contributed by atoms with E-state index >= 15 is 0 Å². The van der Waals surface area contributed by atoms with Gasteiger partial charge in [-0.2, -0.15) is 0 Å². The monoisotopic (exact) mass is 657 g/mol. The quantitative estimate of drug-likeness (QED) is 0.185. The second-order valence-corrected chi connectivity index (χ2v) is 13.4. The maximum Gasteiger partial charge on any atom is 0.165 e. The van der Waals surface area contributed by atoms with E-state index in [4.69, 9.17) is 19.4 Å². The van der Waals surface area contributed by atoms with Crippen molar-refractivity contribution in [3.05, 3.63) is 164 Å². The third kappa shape index (κ3) is 4.79. The van der Waals surface area contributed by atoms with Gasteiger partial charge in [0.15, 0.2) is 17.5 Å². The number of para-hydroxylation sites is 1. The van der Waals surface area contributed by atoms with Crippen molar-refractivity contribution in [2.45, 2.75) is 0 Å². The average Bonchev–Trinajstić information content (AvgIpc) is 3.77. The van der Waals surface area contributed by atoms with Crippen LogP contribution in [0.4, 0.5) is 0 Å². The lowest BCUT2D eigenvalue weighted by atomic mass is 10.0. The Labute approximate surface area is 292 Å². The van der Waals surface area contributed by atoms with Crippen LogP contribution in [0.3, 0.4) is 0 Å². The second-order valence-electron chi connectivity index (χ2n) is 12.4. The van der Waals surface area contributed by atoms with Gasteiger partial charge in [-0.05, 0) is 46.5 Å². The zero-order chi connectivity index (χ0) is 33.0. The minimum atomic E-state index is 0.600. The number of furan rings is 1. The third-order valence-corrected chi connectivity index (χ3v) is 10.7. The van der Waals surface area contributed by atoms with E-state index in [1.807, 2.05) is 30.3 Å². The van der Waals surface area contributed by atoms with Crippen LogP contribution in [-0.2, 0) is 0 Å². The molecule has 0 aliphatic carbocycles. The smallest absolute Gasteiger partial charge is 0.165 e. The molecule has 0 bridgehead atoms. The van der Waals surface area contributed by atoms with Crippen molar-refractivity contribution in [2.24, 2.45) is 0 Å². The Bertz CT molecular complexity index is 2860. The summed E-state index contributed by atoms with van der Waals surface area (Å²) in [6.45, 7) is 0. The molecule has 0 unspecified atom stereocenters. The minimum absolute atomic E-state index is 0.600. The van der Waals surface area contributed by atoms with Crippen molar-refractivity contribution in [2.75, 3.05) is 0 Å². The van der Waals surface area contributed by atoms with E-state index in [1.165, 1.54) is 32.2 Å². The molecule has 0 radical (unpaired) electrons. The number of nitrogens with zero attached hydrogens (tertiary/aromatic N) is 3. The Morgan fingerprint density at radius 1 is 0.340 bits per heavy atom. The van der Waals surface area contributed by atoms with Crippen LogP contribution >= 0.6 is 11.3 Å². The molecule has 0 amide bonds. The van der Waals surface area contributed by atoms with Gasteiger partial charge in [-0.15, -0.1) is 11.3 Å². The summed E-state index contributed by atoms with van der Waals surface area (Å²) >= 11 is 1.80. The van der Waals surface area contributed by atoms with Crippen LogP contribution in [-0.4, -0.2) is 15.0 Å². The molecule has 3 aromatic heterocycles. The first-order chi connectivity index (χ1) is 24.8. The second kappa shape index (κ2) is 11.6. The lowest BCUT2D eigenvalue weighted by molar-refractivity contribution is 0.669. The number of thiophene rings is 1. The van der Waals surface area contributed by atoms with Crippen molar-refractivity contribution in [1.82, 2.24) is 15.0 Å². The number of hydrogen-bond acceptors (Lipinski definition) is 5. The van der Waals surface area contributed by atoms with Gasteiger partial charge in [0.2, 0.25) is 0 Å². The highest BCUT2D eigenvalue weighted by atomic mass is 32.1. The molecule has 0 atom stereocenters. The molecule has 3 heterocycles. The Kier molecular flexibility index (Phi) is 6.64. The lowest BCUT2D eigenvalue weighted by Crippen LogP contribution is -2.00. The van der Waals surface area contributed by atoms with E-state index in [9.17, 15) is 0 Å². The molecule has 0 aliphatic rings. The molecule has 0 fully saturated rings. The molecule has 0 saturated carbocycles. The summed E-state index contributed by atoms with van der Waals surface area (Å²) in [4.78, 5) is 15.4. The largest absolute Gasteiger partial charge is 0.456 e. The van der Waals surface area contributed by atoms with Gasteiger partial charge in [0.1, 0.15) is 11.2 Å². The summed E-state index contributed by atoms with van der Waals surface area (Å²) in [6, 6.07) is 56.8. The van der Waals surface area contributed by atoms with E-state index < -0.39 is 0 Å². The van der Waals surface area contributed by atoms with Crippen LogP contribution in [0.1, 0.15) is 0 Å². The van der Waals surface area contributed by atoms with Gasteiger partial charge in [0.25, 0.3) is 0 Å². The molecule has 234 valence electrons. The summed E-state index contributed by atoms with van der Waals surface area (Å²) < 4.78 is 8.68. The van der Waals surface area contributed by atoms with Crippen LogP contribution in [0.5, 0.6) is 0 Å². The van der Waals surface area contributed by atoms with Crippen LogP contribution in [0.2, 0.25) is 0 Å². The molecule has 50 heavy (non-hydrogen) atoms. The summed E-state index contributed by atoms with van der Waals surface area (Å²) in [5.74, 6) is 1.86. The molecular weight excluding hydrogens is 631 g/mol. The Balaban J connectivity index is 1.17. The Morgan fingerprint density at radius 3 is 1.62 bits per heavy atom. The van der Waals surface area contributed by atoms with Gasteiger partial charge in [0, 0.05) is 47.6 Å². The predicted molar refractivity (Wildman–Crippen MR) is 207 cm³/mol. The number of rotatable bonds is 5. The van der Waals surface area contributed by atoms with Gasteiger partial charge in [-0.25, -0.2) is 15.0 Å². The molecule has 10 aromatic rings. The summed E-state index contributed by atoms with van der Waals surface area (Å²) in [5.41, 5.74) is 9.19. The zero-order valence-electron chi connectivity index (χ0n) is 26.7. The van der Waals surface area contributed by atoms with E-state index in [0.717, 1.165) is 48.9 Å². The molecular formula is C45H27N3OS. The third-order valence-electron chi connectivity index (χ3n) is 9.37. The van der Waals surface area contributed by atoms with Gasteiger partial charge in [0.05, 0.1) is 0 Å². The van der Waals surface area contributed by atoms with Gasteiger partial charge >= 0.3 is 0 Å². The highest BCUT2D eigenvalue weighted by Gasteiger charge is 2.19. The maximum absolute atomic E-state index is 6.27. The normalized spacial score (nSPS) is 11.6. The summed E-state index contributed by atoms with van der Waals surface area (Å²) in [5, 5.41) is 4.59.